The predicted octanol–water partition coefficient (Wildman–Crippen LogP) is 1.55. The molecule has 0 aliphatic rings. The summed E-state index contributed by atoms with van der Waals surface area (Å²) in [5.74, 6) is 0. The average molecular weight is 234 g/mol. The summed E-state index contributed by atoms with van der Waals surface area (Å²) in [4.78, 5) is 2.11. The van der Waals surface area contributed by atoms with Crippen LogP contribution in [0.4, 0.5) is 5.69 Å². The zero-order chi connectivity index (χ0) is 12.5. The first-order chi connectivity index (χ1) is 8.31. The number of benzene rings is 1. The molecule has 17 heavy (non-hydrogen) atoms. The fourth-order valence-electron chi connectivity index (χ4n) is 1.57. The smallest absolute Gasteiger partial charge is 0.0681 e. The van der Waals surface area contributed by atoms with Crippen molar-refractivity contribution in [3.63, 3.8) is 0 Å². The van der Waals surface area contributed by atoms with Gasteiger partial charge in [-0.2, -0.15) is 5.26 Å². The molecule has 0 bridgehead atoms. The predicted molar refractivity (Wildman–Crippen MR) is 66.7 cm³/mol. The molecule has 0 amide bonds. The van der Waals surface area contributed by atoms with E-state index in [4.69, 9.17) is 15.1 Å². The van der Waals surface area contributed by atoms with Crippen molar-refractivity contribution in [1.29, 1.82) is 5.26 Å². The Labute approximate surface area is 102 Å². The Kier molecular flexibility index (Phi) is 6.08. The van der Waals surface area contributed by atoms with Crippen molar-refractivity contribution < 1.29 is 9.84 Å². The highest BCUT2D eigenvalue weighted by atomic mass is 16.5. The molecule has 1 aromatic carbocycles. The van der Waals surface area contributed by atoms with Crippen LogP contribution in [0.1, 0.15) is 12.0 Å². The number of hydrogen-bond acceptors (Lipinski definition) is 4. The van der Waals surface area contributed by atoms with Crippen LogP contribution in [0.15, 0.2) is 24.3 Å². The first-order valence-electron chi connectivity index (χ1n) is 5.62. The maximum atomic E-state index is 8.97. The van der Waals surface area contributed by atoms with Crippen molar-refractivity contribution in [1.82, 2.24) is 0 Å². The summed E-state index contributed by atoms with van der Waals surface area (Å²) in [6.45, 7) is 2.14. The Morgan fingerprint density at radius 3 is 2.53 bits per heavy atom. The fraction of sp³-hybridized carbons (Fsp3) is 0.462. The van der Waals surface area contributed by atoms with E-state index in [9.17, 15) is 0 Å². The van der Waals surface area contributed by atoms with Crippen LogP contribution < -0.4 is 4.90 Å². The van der Waals surface area contributed by atoms with Crippen LogP contribution in [-0.2, 0) is 11.3 Å². The van der Waals surface area contributed by atoms with Gasteiger partial charge in [-0.25, -0.2) is 0 Å². The standard InChI is InChI=1S/C13H18N2O2/c1-17-10-9-15(8-2-7-14)13-5-3-12(11-16)4-6-13/h3-6,16H,2,8-11H2,1H3. The van der Waals surface area contributed by atoms with Crippen molar-refractivity contribution in [3.8, 4) is 6.07 Å². The van der Waals surface area contributed by atoms with Crippen LogP contribution in [0, 0.1) is 11.3 Å². The molecule has 0 spiro atoms. The summed E-state index contributed by atoms with van der Waals surface area (Å²) in [5.41, 5.74) is 1.94. The van der Waals surface area contributed by atoms with Gasteiger partial charge in [0.1, 0.15) is 0 Å². The zero-order valence-corrected chi connectivity index (χ0v) is 10.1. The van der Waals surface area contributed by atoms with Gasteiger partial charge in [-0.05, 0) is 17.7 Å². The maximum Gasteiger partial charge on any atom is 0.0681 e. The molecular weight excluding hydrogens is 216 g/mol. The minimum Gasteiger partial charge on any atom is -0.392 e. The molecule has 4 heteroatoms. The van der Waals surface area contributed by atoms with E-state index in [1.165, 1.54) is 0 Å². The van der Waals surface area contributed by atoms with E-state index in [1.807, 2.05) is 24.3 Å². The normalized spacial score (nSPS) is 9.94. The Morgan fingerprint density at radius 2 is 2.00 bits per heavy atom. The fourth-order valence-corrected chi connectivity index (χ4v) is 1.57. The van der Waals surface area contributed by atoms with Crippen molar-refractivity contribution in [2.75, 3.05) is 31.7 Å². The molecule has 1 N–H and O–H groups in total. The molecule has 0 saturated heterocycles. The summed E-state index contributed by atoms with van der Waals surface area (Å²) in [5, 5.41) is 17.6. The van der Waals surface area contributed by atoms with Gasteiger partial charge in [0, 0.05) is 25.9 Å². The Hall–Kier alpha value is -1.57. The zero-order valence-electron chi connectivity index (χ0n) is 10.1. The molecular formula is C13H18N2O2. The quantitative estimate of drug-likeness (QED) is 0.777. The SMILES string of the molecule is COCCN(CCC#N)c1ccc(CO)cc1. The number of methoxy groups -OCH3 is 1. The molecule has 1 rings (SSSR count). The molecule has 0 atom stereocenters. The third kappa shape index (κ3) is 4.43. The second-order valence-electron chi connectivity index (χ2n) is 3.71. The number of hydrogen-bond donors (Lipinski definition) is 1. The van der Waals surface area contributed by atoms with Crippen LogP contribution in [0.5, 0.6) is 0 Å². The van der Waals surface area contributed by atoms with Crippen molar-refractivity contribution in [3.05, 3.63) is 29.8 Å². The number of rotatable bonds is 7. The molecule has 4 nitrogen and oxygen atoms in total. The van der Waals surface area contributed by atoms with Gasteiger partial charge in [0.15, 0.2) is 0 Å². The van der Waals surface area contributed by atoms with Crippen molar-refractivity contribution in [2.45, 2.75) is 13.0 Å². The third-order valence-electron chi connectivity index (χ3n) is 2.54. The lowest BCUT2D eigenvalue weighted by Crippen LogP contribution is -2.28. The number of aliphatic hydroxyl groups is 1. The number of nitrogens with zero attached hydrogens (tertiary/aromatic N) is 2. The molecule has 92 valence electrons. The Morgan fingerprint density at radius 1 is 1.29 bits per heavy atom. The van der Waals surface area contributed by atoms with Gasteiger partial charge >= 0.3 is 0 Å². The summed E-state index contributed by atoms with van der Waals surface area (Å²) in [6, 6.07) is 9.84. The van der Waals surface area contributed by atoms with E-state index < -0.39 is 0 Å². The number of anilines is 1. The molecule has 0 aliphatic carbocycles. The number of aliphatic hydroxyl groups excluding tert-OH is 1. The van der Waals surface area contributed by atoms with Gasteiger partial charge in [0.25, 0.3) is 0 Å². The second-order valence-corrected chi connectivity index (χ2v) is 3.71. The lowest BCUT2D eigenvalue weighted by atomic mass is 10.2. The minimum absolute atomic E-state index is 0.0521. The molecule has 0 aliphatic heterocycles. The molecule has 0 radical (unpaired) electrons. The van der Waals surface area contributed by atoms with Gasteiger partial charge < -0.3 is 14.7 Å². The highest BCUT2D eigenvalue weighted by Gasteiger charge is 2.05. The molecule has 0 saturated carbocycles. The highest BCUT2D eigenvalue weighted by molar-refractivity contribution is 5.47. The first kappa shape index (κ1) is 13.5. The van der Waals surface area contributed by atoms with Gasteiger partial charge in [-0.1, -0.05) is 12.1 Å². The molecule has 0 unspecified atom stereocenters. The monoisotopic (exact) mass is 234 g/mol. The highest BCUT2D eigenvalue weighted by Crippen LogP contribution is 2.15. The second kappa shape index (κ2) is 7.66. The van der Waals surface area contributed by atoms with Crippen LogP contribution in [0.25, 0.3) is 0 Å². The maximum absolute atomic E-state index is 8.97. The average Bonchev–Trinajstić information content (AvgIpc) is 2.39. The van der Waals surface area contributed by atoms with Crippen LogP contribution in [0.3, 0.4) is 0 Å². The largest absolute Gasteiger partial charge is 0.392 e. The van der Waals surface area contributed by atoms with Crippen molar-refractivity contribution in [2.24, 2.45) is 0 Å². The van der Waals surface area contributed by atoms with E-state index in [1.54, 1.807) is 7.11 Å². The lowest BCUT2D eigenvalue weighted by Gasteiger charge is -2.23. The van der Waals surface area contributed by atoms with Gasteiger partial charge in [-0.3, -0.25) is 0 Å². The van der Waals surface area contributed by atoms with E-state index in [-0.39, 0.29) is 6.61 Å². The van der Waals surface area contributed by atoms with Crippen LogP contribution >= 0.6 is 0 Å². The molecule has 1 aromatic rings. The molecule has 0 heterocycles. The topological polar surface area (TPSA) is 56.5 Å². The van der Waals surface area contributed by atoms with Gasteiger partial charge in [0.05, 0.1) is 25.7 Å². The van der Waals surface area contributed by atoms with Crippen LogP contribution in [0.2, 0.25) is 0 Å². The van der Waals surface area contributed by atoms with Crippen molar-refractivity contribution >= 4 is 5.69 Å². The van der Waals surface area contributed by atoms with E-state index >= 15 is 0 Å². The van der Waals surface area contributed by atoms with E-state index in [0.717, 1.165) is 17.8 Å². The molecule has 0 fully saturated rings. The first-order valence-corrected chi connectivity index (χ1v) is 5.62. The van der Waals surface area contributed by atoms with Crippen LogP contribution in [-0.4, -0.2) is 31.9 Å². The summed E-state index contributed by atoms with van der Waals surface area (Å²) in [6.07, 6.45) is 0.492. The minimum atomic E-state index is 0.0521. The summed E-state index contributed by atoms with van der Waals surface area (Å²) >= 11 is 0. The lowest BCUT2D eigenvalue weighted by molar-refractivity contribution is 0.205. The van der Waals surface area contributed by atoms with Gasteiger partial charge in [-0.15, -0.1) is 0 Å². The summed E-state index contributed by atoms with van der Waals surface area (Å²) < 4.78 is 5.05. The van der Waals surface area contributed by atoms with E-state index in [2.05, 4.69) is 11.0 Å². The Balaban J connectivity index is 2.69. The number of ether oxygens (including phenoxy) is 1. The number of nitriles is 1. The Bertz CT molecular complexity index is 357. The third-order valence-corrected chi connectivity index (χ3v) is 2.54. The van der Waals surface area contributed by atoms with Gasteiger partial charge in [0.2, 0.25) is 0 Å². The summed E-state index contributed by atoms with van der Waals surface area (Å²) in [7, 11) is 1.66. The van der Waals surface area contributed by atoms with E-state index in [0.29, 0.717) is 19.6 Å². The molecule has 0 aromatic heterocycles.